The Morgan fingerprint density at radius 1 is 1.28 bits per heavy atom. The third-order valence-electron chi connectivity index (χ3n) is 3.23. The summed E-state index contributed by atoms with van der Waals surface area (Å²) in [7, 11) is 0. The predicted octanol–water partition coefficient (Wildman–Crippen LogP) is 2.95. The van der Waals surface area contributed by atoms with Crippen molar-refractivity contribution in [3.8, 4) is 0 Å². The van der Waals surface area contributed by atoms with Gasteiger partial charge in [-0.15, -0.1) is 0 Å². The third kappa shape index (κ3) is 3.75. The summed E-state index contributed by atoms with van der Waals surface area (Å²) in [6.07, 6.45) is 1.89. The predicted molar refractivity (Wildman–Crippen MR) is 68.3 cm³/mol. The number of hydrogen-bond acceptors (Lipinski definition) is 2. The highest BCUT2D eigenvalue weighted by Crippen LogP contribution is 2.23. The smallest absolute Gasteiger partial charge is 0.132 e. The van der Waals surface area contributed by atoms with Crippen LogP contribution in [0.2, 0.25) is 0 Å². The van der Waals surface area contributed by atoms with Gasteiger partial charge in [0.2, 0.25) is 0 Å². The molecule has 1 aromatic carbocycles. The number of halogens is 2. The molecule has 1 rings (SSSR count). The van der Waals surface area contributed by atoms with Crippen LogP contribution in [-0.4, -0.2) is 17.7 Å². The molecule has 1 atom stereocenters. The van der Waals surface area contributed by atoms with E-state index in [1.807, 2.05) is 13.8 Å². The Bertz CT molecular complexity index is 389. The summed E-state index contributed by atoms with van der Waals surface area (Å²) in [6, 6.07) is 3.53. The molecule has 1 unspecified atom stereocenters. The number of aliphatic hydroxyl groups is 1. The second-order valence-corrected chi connectivity index (χ2v) is 4.79. The first-order valence-corrected chi connectivity index (χ1v) is 6.32. The van der Waals surface area contributed by atoms with Crippen molar-refractivity contribution in [2.45, 2.75) is 45.3 Å². The van der Waals surface area contributed by atoms with Gasteiger partial charge in [-0.05, 0) is 25.8 Å². The molecule has 0 bridgehead atoms. The van der Waals surface area contributed by atoms with E-state index in [1.54, 1.807) is 0 Å². The molecule has 0 saturated carbocycles. The van der Waals surface area contributed by atoms with Crippen LogP contribution in [0.1, 0.15) is 39.2 Å². The van der Waals surface area contributed by atoms with Crippen molar-refractivity contribution in [1.82, 2.24) is 5.32 Å². The second-order valence-electron chi connectivity index (χ2n) is 4.79. The monoisotopic (exact) mass is 257 g/mol. The molecular formula is C14H21F2NO. The van der Waals surface area contributed by atoms with Crippen molar-refractivity contribution in [2.75, 3.05) is 6.54 Å². The number of hydrogen-bond donors (Lipinski definition) is 2. The van der Waals surface area contributed by atoms with Gasteiger partial charge in [0.25, 0.3) is 0 Å². The number of nitrogens with one attached hydrogen (secondary N) is 1. The minimum atomic E-state index is -1.35. The summed E-state index contributed by atoms with van der Waals surface area (Å²) < 4.78 is 26.4. The summed E-state index contributed by atoms with van der Waals surface area (Å²) in [5.74, 6) is -1.36. The first-order chi connectivity index (χ1) is 8.40. The lowest BCUT2D eigenvalue weighted by Crippen LogP contribution is -2.40. The van der Waals surface area contributed by atoms with Crippen LogP contribution >= 0.6 is 0 Å². The SMILES string of the molecule is CCC(CC)NCC(C)(O)c1ccc(F)cc1F. The normalized spacial score (nSPS) is 14.8. The lowest BCUT2D eigenvalue weighted by molar-refractivity contribution is 0.0497. The van der Waals surface area contributed by atoms with E-state index in [9.17, 15) is 13.9 Å². The molecule has 0 aromatic heterocycles. The highest BCUT2D eigenvalue weighted by Gasteiger charge is 2.27. The van der Waals surface area contributed by atoms with Gasteiger partial charge >= 0.3 is 0 Å². The zero-order chi connectivity index (χ0) is 13.8. The van der Waals surface area contributed by atoms with E-state index in [2.05, 4.69) is 5.32 Å². The molecular weight excluding hydrogens is 236 g/mol. The van der Waals surface area contributed by atoms with Crippen molar-refractivity contribution < 1.29 is 13.9 Å². The van der Waals surface area contributed by atoms with Crippen LogP contribution in [0.25, 0.3) is 0 Å². The Morgan fingerprint density at radius 3 is 2.39 bits per heavy atom. The van der Waals surface area contributed by atoms with Gasteiger partial charge in [-0.1, -0.05) is 19.9 Å². The van der Waals surface area contributed by atoms with Crippen molar-refractivity contribution in [3.05, 3.63) is 35.4 Å². The van der Waals surface area contributed by atoms with Gasteiger partial charge in [0.1, 0.15) is 17.2 Å². The molecule has 0 amide bonds. The highest BCUT2D eigenvalue weighted by molar-refractivity contribution is 5.24. The second kappa shape index (κ2) is 6.25. The molecule has 0 saturated heterocycles. The van der Waals surface area contributed by atoms with Gasteiger partial charge in [-0.2, -0.15) is 0 Å². The highest BCUT2D eigenvalue weighted by atomic mass is 19.1. The van der Waals surface area contributed by atoms with Crippen LogP contribution in [-0.2, 0) is 5.60 Å². The fraction of sp³-hybridized carbons (Fsp3) is 0.571. The third-order valence-corrected chi connectivity index (χ3v) is 3.23. The number of benzene rings is 1. The van der Waals surface area contributed by atoms with Gasteiger partial charge in [-0.25, -0.2) is 8.78 Å². The average Bonchev–Trinajstić information content (AvgIpc) is 2.29. The molecule has 1 aromatic rings. The van der Waals surface area contributed by atoms with Gasteiger partial charge < -0.3 is 10.4 Å². The quantitative estimate of drug-likeness (QED) is 0.821. The van der Waals surface area contributed by atoms with E-state index >= 15 is 0 Å². The summed E-state index contributed by atoms with van der Waals surface area (Å²) >= 11 is 0. The molecule has 2 nitrogen and oxygen atoms in total. The van der Waals surface area contributed by atoms with Gasteiger partial charge in [0, 0.05) is 24.2 Å². The minimum Gasteiger partial charge on any atom is -0.384 e. The minimum absolute atomic E-state index is 0.113. The topological polar surface area (TPSA) is 32.3 Å². The molecule has 0 radical (unpaired) electrons. The maximum absolute atomic E-state index is 13.6. The van der Waals surface area contributed by atoms with E-state index in [1.165, 1.54) is 13.0 Å². The maximum Gasteiger partial charge on any atom is 0.132 e. The Balaban J connectivity index is 2.79. The molecule has 0 spiro atoms. The molecule has 0 aliphatic rings. The van der Waals surface area contributed by atoms with Crippen molar-refractivity contribution >= 4 is 0 Å². The molecule has 0 fully saturated rings. The summed E-state index contributed by atoms with van der Waals surface area (Å²) in [4.78, 5) is 0. The Morgan fingerprint density at radius 2 is 1.89 bits per heavy atom. The van der Waals surface area contributed by atoms with Crippen molar-refractivity contribution in [1.29, 1.82) is 0 Å². The Labute approximate surface area is 107 Å². The van der Waals surface area contributed by atoms with Crippen molar-refractivity contribution in [3.63, 3.8) is 0 Å². The fourth-order valence-corrected chi connectivity index (χ4v) is 1.94. The van der Waals surface area contributed by atoms with Crippen LogP contribution in [0, 0.1) is 11.6 Å². The maximum atomic E-state index is 13.6. The van der Waals surface area contributed by atoms with Crippen molar-refractivity contribution in [2.24, 2.45) is 0 Å². The van der Waals surface area contributed by atoms with Crippen LogP contribution in [0.4, 0.5) is 8.78 Å². The largest absolute Gasteiger partial charge is 0.384 e. The molecule has 2 N–H and O–H groups in total. The van der Waals surface area contributed by atoms with E-state index in [-0.39, 0.29) is 12.1 Å². The zero-order valence-electron chi connectivity index (χ0n) is 11.1. The molecule has 4 heteroatoms. The Kier molecular flexibility index (Phi) is 5.23. The van der Waals surface area contributed by atoms with E-state index in [0.29, 0.717) is 6.04 Å². The Hall–Kier alpha value is -1.00. The molecule has 0 heterocycles. The fourth-order valence-electron chi connectivity index (χ4n) is 1.94. The van der Waals surface area contributed by atoms with E-state index < -0.39 is 17.2 Å². The zero-order valence-corrected chi connectivity index (χ0v) is 11.1. The van der Waals surface area contributed by atoms with Crippen LogP contribution < -0.4 is 5.32 Å². The first kappa shape index (κ1) is 15.1. The molecule has 0 aliphatic heterocycles. The van der Waals surface area contributed by atoms with E-state index in [0.717, 1.165) is 25.0 Å². The molecule has 102 valence electrons. The summed E-state index contributed by atoms with van der Waals surface area (Å²) in [5.41, 5.74) is -1.23. The van der Waals surface area contributed by atoms with Gasteiger partial charge in [0.15, 0.2) is 0 Å². The van der Waals surface area contributed by atoms with Crippen LogP contribution in [0.3, 0.4) is 0 Å². The molecule has 0 aliphatic carbocycles. The van der Waals surface area contributed by atoms with Crippen LogP contribution in [0.5, 0.6) is 0 Å². The number of rotatable bonds is 6. The van der Waals surface area contributed by atoms with Crippen LogP contribution in [0.15, 0.2) is 18.2 Å². The molecule has 18 heavy (non-hydrogen) atoms. The van der Waals surface area contributed by atoms with Gasteiger partial charge in [-0.3, -0.25) is 0 Å². The van der Waals surface area contributed by atoms with Gasteiger partial charge in [0.05, 0.1) is 0 Å². The summed E-state index contributed by atoms with van der Waals surface area (Å²) in [5, 5.41) is 13.5. The lowest BCUT2D eigenvalue weighted by Gasteiger charge is -2.27. The standard InChI is InChI=1S/C14H21F2NO/c1-4-11(5-2)17-9-14(3,18)12-7-6-10(15)8-13(12)16/h6-8,11,17-18H,4-5,9H2,1-3H3. The first-order valence-electron chi connectivity index (χ1n) is 6.32. The lowest BCUT2D eigenvalue weighted by atomic mass is 9.94. The summed E-state index contributed by atoms with van der Waals surface area (Å²) in [6.45, 7) is 5.86. The average molecular weight is 257 g/mol. The van der Waals surface area contributed by atoms with E-state index in [4.69, 9.17) is 0 Å².